The minimum atomic E-state index is -1.02. The van der Waals surface area contributed by atoms with Crippen LogP contribution in [0.2, 0.25) is 10.0 Å². The summed E-state index contributed by atoms with van der Waals surface area (Å²) in [6, 6.07) is 4.08. The molecule has 2 atom stereocenters. The number of methoxy groups -OCH3 is 1. The van der Waals surface area contributed by atoms with E-state index in [4.69, 9.17) is 27.9 Å². The summed E-state index contributed by atoms with van der Waals surface area (Å²) in [4.78, 5) is 24.9. The van der Waals surface area contributed by atoms with E-state index in [2.05, 4.69) is 0 Å². The molecule has 1 aromatic rings. The standard InChI is InChI=1S/C14H15Cl2NO4/c1-21-9-6-12(14(19)20)17(7-9)13(18)5-8-2-3-10(15)11(16)4-8/h2-4,9,12H,5-7H2,1H3,(H,19,20). The molecule has 1 N–H and O–H groups in total. The number of aliphatic carboxylic acids is 1. The molecule has 0 aliphatic carbocycles. The van der Waals surface area contributed by atoms with Gasteiger partial charge in [-0.3, -0.25) is 4.79 Å². The van der Waals surface area contributed by atoms with Crippen LogP contribution in [0.3, 0.4) is 0 Å². The first kappa shape index (κ1) is 16.1. The molecule has 21 heavy (non-hydrogen) atoms. The van der Waals surface area contributed by atoms with E-state index in [0.717, 1.165) is 0 Å². The number of halogens is 2. The van der Waals surface area contributed by atoms with Gasteiger partial charge in [0.25, 0.3) is 0 Å². The van der Waals surface area contributed by atoms with Crippen molar-refractivity contribution >= 4 is 35.1 Å². The predicted molar refractivity (Wildman–Crippen MR) is 78.7 cm³/mol. The van der Waals surface area contributed by atoms with Crippen LogP contribution >= 0.6 is 23.2 Å². The molecule has 0 bridgehead atoms. The van der Waals surface area contributed by atoms with Crippen molar-refractivity contribution in [3.8, 4) is 0 Å². The molecule has 1 amide bonds. The van der Waals surface area contributed by atoms with Crippen molar-refractivity contribution in [3.63, 3.8) is 0 Å². The summed E-state index contributed by atoms with van der Waals surface area (Å²) in [5.41, 5.74) is 0.694. The molecule has 0 radical (unpaired) electrons. The van der Waals surface area contributed by atoms with Crippen molar-refractivity contribution in [2.75, 3.05) is 13.7 Å². The second-order valence-electron chi connectivity index (χ2n) is 4.92. The summed E-state index contributed by atoms with van der Waals surface area (Å²) in [7, 11) is 1.51. The molecule has 1 fully saturated rings. The molecular formula is C14H15Cl2NO4. The third kappa shape index (κ3) is 3.67. The molecule has 114 valence electrons. The van der Waals surface area contributed by atoms with Gasteiger partial charge >= 0.3 is 5.97 Å². The maximum absolute atomic E-state index is 12.3. The Morgan fingerprint density at radius 3 is 2.67 bits per heavy atom. The number of likely N-dealkylation sites (tertiary alicyclic amines) is 1. The van der Waals surface area contributed by atoms with E-state index in [1.54, 1.807) is 18.2 Å². The number of nitrogens with zero attached hydrogens (tertiary/aromatic N) is 1. The summed E-state index contributed by atoms with van der Waals surface area (Å²) in [5, 5.41) is 9.99. The smallest absolute Gasteiger partial charge is 0.326 e. The zero-order chi connectivity index (χ0) is 15.6. The molecular weight excluding hydrogens is 317 g/mol. The van der Waals surface area contributed by atoms with Gasteiger partial charge in [0.15, 0.2) is 0 Å². The fourth-order valence-corrected chi connectivity index (χ4v) is 2.72. The average Bonchev–Trinajstić information content (AvgIpc) is 2.87. The van der Waals surface area contributed by atoms with Crippen LogP contribution in [-0.4, -0.2) is 47.7 Å². The molecule has 1 aliphatic heterocycles. The number of hydrogen-bond donors (Lipinski definition) is 1. The van der Waals surface area contributed by atoms with E-state index >= 15 is 0 Å². The Hall–Kier alpha value is -1.30. The highest BCUT2D eigenvalue weighted by Gasteiger charge is 2.39. The second kappa shape index (κ2) is 6.64. The fraction of sp³-hybridized carbons (Fsp3) is 0.429. The summed E-state index contributed by atoms with van der Waals surface area (Å²) >= 11 is 11.7. The van der Waals surface area contributed by atoms with Crippen molar-refractivity contribution in [1.82, 2.24) is 4.90 Å². The number of benzene rings is 1. The zero-order valence-corrected chi connectivity index (χ0v) is 12.9. The van der Waals surface area contributed by atoms with Crippen LogP contribution in [0.4, 0.5) is 0 Å². The van der Waals surface area contributed by atoms with Crippen molar-refractivity contribution in [1.29, 1.82) is 0 Å². The van der Waals surface area contributed by atoms with E-state index < -0.39 is 12.0 Å². The molecule has 1 saturated heterocycles. The molecule has 1 aromatic carbocycles. The lowest BCUT2D eigenvalue weighted by molar-refractivity contribution is -0.148. The third-order valence-electron chi connectivity index (χ3n) is 3.54. The molecule has 0 saturated carbocycles. The van der Waals surface area contributed by atoms with Crippen LogP contribution in [0.5, 0.6) is 0 Å². The van der Waals surface area contributed by atoms with E-state index in [0.29, 0.717) is 22.0 Å². The van der Waals surface area contributed by atoms with Crippen LogP contribution < -0.4 is 0 Å². The number of carboxylic acids is 1. The summed E-state index contributed by atoms with van der Waals surface area (Å²) < 4.78 is 5.16. The van der Waals surface area contributed by atoms with E-state index in [1.807, 2.05) is 0 Å². The maximum atomic E-state index is 12.3. The Morgan fingerprint density at radius 1 is 1.38 bits per heavy atom. The molecule has 5 nitrogen and oxygen atoms in total. The number of carboxylic acid groups (broad SMARTS) is 1. The Kier molecular flexibility index (Phi) is 5.08. The Morgan fingerprint density at radius 2 is 2.10 bits per heavy atom. The second-order valence-corrected chi connectivity index (χ2v) is 5.73. The molecule has 7 heteroatoms. The topological polar surface area (TPSA) is 66.8 Å². The highest BCUT2D eigenvalue weighted by molar-refractivity contribution is 6.42. The van der Waals surface area contributed by atoms with E-state index in [1.165, 1.54) is 12.0 Å². The van der Waals surface area contributed by atoms with Gasteiger partial charge in [0.1, 0.15) is 6.04 Å². The number of carbonyl (C=O) groups is 2. The number of amides is 1. The summed E-state index contributed by atoms with van der Waals surface area (Å²) in [5.74, 6) is -1.28. The number of ether oxygens (including phenoxy) is 1. The first-order valence-electron chi connectivity index (χ1n) is 6.41. The van der Waals surface area contributed by atoms with Gasteiger partial charge < -0.3 is 14.7 Å². The highest BCUT2D eigenvalue weighted by atomic mass is 35.5. The van der Waals surface area contributed by atoms with Gasteiger partial charge in [-0.1, -0.05) is 29.3 Å². The van der Waals surface area contributed by atoms with Gasteiger partial charge in [0, 0.05) is 20.1 Å². The largest absolute Gasteiger partial charge is 0.480 e. The highest BCUT2D eigenvalue weighted by Crippen LogP contribution is 2.25. The van der Waals surface area contributed by atoms with Crippen LogP contribution in [0.25, 0.3) is 0 Å². The third-order valence-corrected chi connectivity index (χ3v) is 4.28. The van der Waals surface area contributed by atoms with Crippen LogP contribution in [-0.2, 0) is 20.7 Å². The van der Waals surface area contributed by atoms with Gasteiger partial charge in [-0.05, 0) is 17.7 Å². The Balaban J connectivity index is 2.11. The Labute approximate surface area is 132 Å². The monoisotopic (exact) mass is 331 g/mol. The predicted octanol–water partition coefficient (Wildman–Crippen LogP) is 2.24. The lowest BCUT2D eigenvalue weighted by atomic mass is 10.1. The maximum Gasteiger partial charge on any atom is 0.326 e. The summed E-state index contributed by atoms with van der Waals surface area (Å²) in [6.07, 6.45) is 0.139. The number of carbonyl (C=O) groups excluding carboxylic acids is 1. The molecule has 1 heterocycles. The van der Waals surface area contributed by atoms with Gasteiger partial charge in [-0.2, -0.15) is 0 Å². The first-order valence-corrected chi connectivity index (χ1v) is 7.17. The minimum absolute atomic E-state index is 0.0805. The van der Waals surface area contributed by atoms with Gasteiger partial charge in [-0.25, -0.2) is 4.79 Å². The van der Waals surface area contributed by atoms with Crippen molar-refractivity contribution in [2.24, 2.45) is 0 Å². The molecule has 0 aromatic heterocycles. The molecule has 2 unspecified atom stereocenters. The number of hydrogen-bond acceptors (Lipinski definition) is 3. The van der Waals surface area contributed by atoms with Crippen LogP contribution in [0, 0.1) is 0 Å². The normalized spacial score (nSPS) is 21.6. The quantitative estimate of drug-likeness (QED) is 0.918. The van der Waals surface area contributed by atoms with Crippen molar-refractivity contribution in [2.45, 2.75) is 25.0 Å². The lowest BCUT2D eigenvalue weighted by Gasteiger charge is -2.21. The van der Waals surface area contributed by atoms with Gasteiger partial charge in [0.05, 0.1) is 22.6 Å². The lowest BCUT2D eigenvalue weighted by Crippen LogP contribution is -2.41. The zero-order valence-electron chi connectivity index (χ0n) is 11.4. The molecule has 0 spiro atoms. The average molecular weight is 332 g/mol. The van der Waals surface area contributed by atoms with Crippen LogP contribution in [0.15, 0.2) is 18.2 Å². The summed E-state index contributed by atoms with van der Waals surface area (Å²) in [6.45, 7) is 0.285. The molecule has 2 rings (SSSR count). The fourth-order valence-electron chi connectivity index (χ4n) is 2.40. The molecule has 1 aliphatic rings. The van der Waals surface area contributed by atoms with Gasteiger partial charge in [-0.15, -0.1) is 0 Å². The van der Waals surface area contributed by atoms with Crippen LogP contribution in [0.1, 0.15) is 12.0 Å². The van der Waals surface area contributed by atoms with E-state index in [-0.39, 0.29) is 25.0 Å². The van der Waals surface area contributed by atoms with Gasteiger partial charge in [0.2, 0.25) is 5.91 Å². The first-order chi connectivity index (χ1) is 9.92. The number of rotatable bonds is 4. The van der Waals surface area contributed by atoms with E-state index in [9.17, 15) is 14.7 Å². The minimum Gasteiger partial charge on any atom is -0.480 e. The van der Waals surface area contributed by atoms with Crippen molar-refractivity contribution < 1.29 is 19.4 Å². The SMILES string of the molecule is COC1CC(C(=O)O)N(C(=O)Cc2ccc(Cl)c(Cl)c2)C1. The van der Waals surface area contributed by atoms with Crippen molar-refractivity contribution in [3.05, 3.63) is 33.8 Å². The Bertz CT molecular complexity index is 564.